The van der Waals surface area contributed by atoms with Crippen LogP contribution in [0.1, 0.15) is 40.5 Å². The molecule has 0 aliphatic carbocycles. The van der Waals surface area contributed by atoms with E-state index >= 15 is 0 Å². The number of nitrogens with zero attached hydrogens (tertiary/aromatic N) is 3. The molecule has 0 radical (unpaired) electrons. The molecule has 1 aliphatic heterocycles. The highest BCUT2D eigenvalue weighted by molar-refractivity contribution is 4.83. The molecule has 0 N–H and O–H groups in total. The first-order chi connectivity index (χ1) is 9.89. The fraction of sp³-hybridized carbons (Fsp3) is 1.00. The Morgan fingerprint density at radius 3 is 1.57 bits per heavy atom. The Balaban J connectivity index is 3.02. The summed E-state index contributed by atoms with van der Waals surface area (Å²) in [5.74, 6) is 0. The lowest BCUT2D eigenvalue weighted by Crippen LogP contribution is -2.67. The molecule has 1 rings (SSSR count). The summed E-state index contributed by atoms with van der Waals surface area (Å²) in [6.45, 7) is 12.0. The van der Waals surface area contributed by atoms with Crippen LogP contribution in [0, 0.1) is 0 Å². The molecule has 21 heavy (non-hydrogen) atoms. The zero-order valence-corrected chi connectivity index (χ0v) is 15.1. The van der Waals surface area contributed by atoms with E-state index in [0.29, 0.717) is 25.3 Å². The Bertz CT molecular complexity index is 273. The van der Waals surface area contributed by atoms with Gasteiger partial charge in [-0.25, -0.2) is 9.80 Å². The minimum absolute atomic E-state index is 0.466. The molecule has 5 heteroatoms. The van der Waals surface area contributed by atoms with E-state index < -0.39 is 6.03 Å². The van der Waals surface area contributed by atoms with Crippen LogP contribution in [0.3, 0.4) is 0 Å². The van der Waals surface area contributed by atoms with Crippen LogP contribution in [0.2, 0.25) is 0 Å². The smallest absolute Gasteiger partial charge is 0.296 e. The predicted molar refractivity (Wildman–Crippen MR) is 87.2 cm³/mol. The Labute approximate surface area is 131 Å². The summed E-state index contributed by atoms with van der Waals surface area (Å²) in [5, 5.41) is 0. The van der Waals surface area contributed by atoms with Crippen molar-refractivity contribution in [2.24, 2.45) is 0 Å². The van der Waals surface area contributed by atoms with Gasteiger partial charge in [-0.15, -0.1) is 0 Å². The summed E-state index contributed by atoms with van der Waals surface area (Å²) in [7, 11) is 6.40. The topological polar surface area (TPSA) is 28.2 Å². The third-order valence-electron chi connectivity index (χ3n) is 4.42. The second-order valence-electron chi connectivity index (χ2n) is 6.37. The molecule has 1 saturated heterocycles. The fourth-order valence-corrected chi connectivity index (χ4v) is 2.96. The Morgan fingerprint density at radius 1 is 0.857 bits per heavy atom. The molecule has 0 aromatic carbocycles. The van der Waals surface area contributed by atoms with Gasteiger partial charge in [0.15, 0.2) is 0 Å². The van der Waals surface area contributed by atoms with Crippen LogP contribution in [0.15, 0.2) is 0 Å². The van der Waals surface area contributed by atoms with E-state index in [9.17, 15) is 0 Å². The van der Waals surface area contributed by atoms with Gasteiger partial charge >= 0.3 is 0 Å². The molecule has 2 atom stereocenters. The average molecular weight is 301 g/mol. The van der Waals surface area contributed by atoms with Gasteiger partial charge in [0.25, 0.3) is 6.03 Å². The summed E-state index contributed by atoms with van der Waals surface area (Å²) >= 11 is 0. The maximum absolute atomic E-state index is 6.22. The van der Waals surface area contributed by atoms with Crippen molar-refractivity contribution in [3.8, 4) is 0 Å². The summed E-state index contributed by atoms with van der Waals surface area (Å²) in [6, 6.07) is 0.192. The maximum atomic E-state index is 6.22. The van der Waals surface area contributed by atoms with Crippen molar-refractivity contribution in [2.75, 3.05) is 47.4 Å². The monoisotopic (exact) mass is 301 g/mol. The first-order valence-corrected chi connectivity index (χ1v) is 8.31. The number of hydrogen-bond donors (Lipinski definition) is 0. The number of rotatable bonds is 6. The van der Waals surface area contributed by atoms with Crippen molar-refractivity contribution in [2.45, 2.75) is 58.7 Å². The van der Waals surface area contributed by atoms with Crippen molar-refractivity contribution in [3.63, 3.8) is 0 Å². The van der Waals surface area contributed by atoms with E-state index in [1.165, 1.54) is 0 Å². The average Bonchev–Trinajstić information content (AvgIpc) is 2.45. The van der Waals surface area contributed by atoms with Gasteiger partial charge in [0.2, 0.25) is 0 Å². The lowest BCUT2D eigenvalue weighted by Gasteiger charge is -2.51. The summed E-state index contributed by atoms with van der Waals surface area (Å²) < 4.78 is 12.4. The first-order valence-electron chi connectivity index (χ1n) is 8.31. The van der Waals surface area contributed by atoms with E-state index in [2.05, 4.69) is 63.5 Å². The Kier molecular flexibility index (Phi) is 7.57. The molecule has 1 heterocycles. The number of hydrogen-bond acceptors (Lipinski definition) is 5. The van der Waals surface area contributed by atoms with Gasteiger partial charge in [-0.1, -0.05) is 13.8 Å². The minimum Gasteiger partial charge on any atom is -0.324 e. The van der Waals surface area contributed by atoms with E-state index in [4.69, 9.17) is 9.47 Å². The summed E-state index contributed by atoms with van der Waals surface area (Å²) in [4.78, 5) is 6.85. The zero-order chi connectivity index (χ0) is 16.0. The van der Waals surface area contributed by atoms with Crippen LogP contribution in [0.25, 0.3) is 0 Å². The molecule has 1 aliphatic rings. The van der Waals surface area contributed by atoms with E-state index in [1.54, 1.807) is 0 Å². The second kappa shape index (κ2) is 8.44. The fourth-order valence-electron chi connectivity index (χ4n) is 2.96. The van der Waals surface area contributed by atoms with E-state index in [0.717, 1.165) is 25.9 Å². The van der Waals surface area contributed by atoms with E-state index in [-0.39, 0.29) is 0 Å². The maximum Gasteiger partial charge on any atom is 0.296 e. The molecule has 0 bridgehead atoms. The zero-order valence-electron chi connectivity index (χ0n) is 15.1. The molecule has 0 aromatic rings. The third-order valence-corrected chi connectivity index (χ3v) is 4.42. The van der Waals surface area contributed by atoms with Gasteiger partial charge in [0.1, 0.15) is 0 Å². The quantitative estimate of drug-likeness (QED) is 0.700. The van der Waals surface area contributed by atoms with Crippen molar-refractivity contribution in [1.82, 2.24) is 14.7 Å². The van der Waals surface area contributed by atoms with E-state index in [1.807, 2.05) is 0 Å². The summed E-state index contributed by atoms with van der Waals surface area (Å²) in [5.41, 5.74) is 0. The molecule has 0 amide bonds. The van der Waals surface area contributed by atoms with Crippen molar-refractivity contribution < 1.29 is 9.47 Å². The predicted octanol–water partition coefficient (Wildman–Crippen LogP) is 2.04. The Hall–Kier alpha value is -0.200. The van der Waals surface area contributed by atoms with Gasteiger partial charge in [-0.3, -0.25) is 4.90 Å². The minimum atomic E-state index is -0.740. The van der Waals surface area contributed by atoms with Gasteiger partial charge in [-0.2, -0.15) is 0 Å². The molecular weight excluding hydrogens is 266 g/mol. The molecule has 2 unspecified atom stereocenters. The van der Waals surface area contributed by atoms with Crippen molar-refractivity contribution in [1.29, 1.82) is 0 Å². The van der Waals surface area contributed by atoms with Gasteiger partial charge in [0, 0.05) is 25.2 Å². The van der Waals surface area contributed by atoms with Crippen LogP contribution in [-0.4, -0.2) is 80.3 Å². The van der Waals surface area contributed by atoms with Crippen molar-refractivity contribution in [3.05, 3.63) is 0 Å². The normalized spacial score (nSPS) is 29.3. The SMILES string of the molecule is CCCOC1(OCCC)N(C)CC(C)N(C)C(C)CN1C. The number of ether oxygens (including phenoxy) is 2. The van der Waals surface area contributed by atoms with Crippen LogP contribution in [0.4, 0.5) is 0 Å². The van der Waals surface area contributed by atoms with Crippen LogP contribution in [-0.2, 0) is 9.47 Å². The molecule has 1 fully saturated rings. The lowest BCUT2D eigenvalue weighted by molar-refractivity contribution is -0.387. The Morgan fingerprint density at radius 2 is 1.24 bits per heavy atom. The third kappa shape index (κ3) is 4.39. The molecule has 126 valence electrons. The van der Waals surface area contributed by atoms with Crippen molar-refractivity contribution >= 4 is 0 Å². The largest absolute Gasteiger partial charge is 0.324 e. The first kappa shape index (κ1) is 18.8. The van der Waals surface area contributed by atoms with Crippen LogP contribution >= 0.6 is 0 Å². The lowest BCUT2D eigenvalue weighted by atomic mass is 10.1. The van der Waals surface area contributed by atoms with Gasteiger partial charge in [-0.05, 0) is 47.8 Å². The standard InChI is InChI=1S/C16H35N3O2/c1-8-10-20-16(21-11-9-2)17(5)12-14(3)19(7)15(4)13-18(16)6/h14-15H,8-13H2,1-7H3. The molecule has 0 aromatic heterocycles. The number of likely N-dealkylation sites (N-methyl/N-ethyl adjacent to an activating group) is 3. The van der Waals surface area contributed by atoms with Crippen LogP contribution < -0.4 is 0 Å². The molecular formula is C16H35N3O2. The summed E-state index contributed by atoms with van der Waals surface area (Å²) in [6.07, 6.45) is 1.98. The molecule has 0 spiro atoms. The molecule has 0 saturated carbocycles. The van der Waals surface area contributed by atoms with Gasteiger partial charge < -0.3 is 9.47 Å². The van der Waals surface area contributed by atoms with Gasteiger partial charge in [0.05, 0.1) is 13.2 Å². The molecule has 5 nitrogen and oxygen atoms in total. The highest BCUT2D eigenvalue weighted by Crippen LogP contribution is 2.26. The van der Waals surface area contributed by atoms with Crippen LogP contribution in [0.5, 0.6) is 0 Å². The highest BCUT2D eigenvalue weighted by atomic mass is 16.7. The second-order valence-corrected chi connectivity index (χ2v) is 6.37. The highest BCUT2D eigenvalue weighted by Gasteiger charge is 2.44.